The number of hydrogen-bond acceptors (Lipinski definition) is 10. The van der Waals surface area contributed by atoms with Gasteiger partial charge in [-0.1, -0.05) is 17.7 Å². The van der Waals surface area contributed by atoms with Gasteiger partial charge in [-0.3, -0.25) is 13.5 Å². The molecule has 1 amide bonds. The molecule has 12 nitrogen and oxygen atoms in total. The monoisotopic (exact) mass is 541 g/mol. The number of amides is 1. The van der Waals surface area contributed by atoms with Crippen LogP contribution in [0.25, 0.3) is 11.0 Å². The number of rotatable bonds is 6. The molecule has 4 rings (SSSR count). The number of hydrogen-bond donors (Lipinski definition) is 4. The van der Waals surface area contributed by atoms with Gasteiger partial charge < -0.3 is 26.4 Å². The molecule has 1 aromatic carbocycles. The summed E-state index contributed by atoms with van der Waals surface area (Å²) in [6.45, 7) is 1.17. The molecule has 0 bridgehead atoms. The maximum atomic E-state index is 12.9. The van der Waals surface area contributed by atoms with Crippen molar-refractivity contribution in [3.63, 3.8) is 0 Å². The second kappa shape index (κ2) is 8.62. The Kier molecular flexibility index (Phi) is 6.15. The number of anilines is 1. The molecule has 1 saturated heterocycles. The normalized spacial score (nSPS) is 23.3. The lowest BCUT2D eigenvalue weighted by Crippen LogP contribution is -2.37. The van der Waals surface area contributed by atoms with Gasteiger partial charge >= 0.3 is 0 Å². The lowest BCUT2D eigenvalue weighted by molar-refractivity contribution is -0.0490. The fourth-order valence-corrected chi connectivity index (χ4v) is 5.52. The molecular formula is C19H20BrN5O7S. The van der Waals surface area contributed by atoms with Crippen LogP contribution in [0.1, 0.15) is 22.1 Å². The molecule has 6 N–H and O–H groups in total. The number of carbonyl (C=O) groups is 1. The minimum absolute atomic E-state index is 0.0461. The Labute approximate surface area is 196 Å². The topological polar surface area (TPSA) is 193 Å². The van der Waals surface area contributed by atoms with Crippen molar-refractivity contribution in [2.24, 2.45) is 5.73 Å². The largest absolute Gasteiger partial charge is 0.394 e. The van der Waals surface area contributed by atoms with E-state index in [4.69, 9.17) is 20.4 Å². The van der Waals surface area contributed by atoms with E-state index in [0.717, 1.165) is 11.9 Å². The third-order valence-electron chi connectivity index (χ3n) is 5.29. The summed E-state index contributed by atoms with van der Waals surface area (Å²) in [6, 6.07) is 5.93. The number of nitrogens with zero attached hydrogens (tertiary/aromatic N) is 3. The van der Waals surface area contributed by atoms with Gasteiger partial charge in [0.05, 0.1) is 22.5 Å². The predicted molar refractivity (Wildman–Crippen MR) is 118 cm³/mol. The SMILES string of the molecule is Cc1ccc(S(=O)(=O)O[C@@H]2[C@H](O)[C@@H](CO)O[C@H]2n2c(Br)c(C(N)=O)c3c(N)ncnc32)cc1. The van der Waals surface area contributed by atoms with Crippen LogP contribution in [0.2, 0.25) is 0 Å². The molecule has 1 aliphatic heterocycles. The van der Waals surface area contributed by atoms with Crippen molar-refractivity contribution in [1.82, 2.24) is 14.5 Å². The first-order valence-electron chi connectivity index (χ1n) is 9.60. The van der Waals surface area contributed by atoms with Gasteiger partial charge in [0, 0.05) is 0 Å². The fraction of sp³-hybridized carbons (Fsp3) is 0.316. The van der Waals surface area contributed by atoms with Crippen molar-refractivity contribution in [2.45, 2.75) is 36.4 Å². The number of carbonyl (C=O) groups excluding carboxylic acids is 1. The zero-order chi connectivity index (χ0) is 24.1. The maximum absolute atomic E-state index is 12.9. The number of aryl methyl sites for hydroxylation is 1. The van der Waals surface area contributed by atoms with E-state index in [0.29, 0.717) is 0 Å². The van der Waals surface area contributed by atoms with Crippen molar-refractivity contribution in [2.75, 3.05) is 12.3 Å². The molecule has 1 aliphatic rings. The van der Waals surface area contributed by atoms with Gasteiger partial charge in [0.25, 0.3) is 16.0 Å². The van der Waals surface area contributed by atoms with Gasteiger partial charge in [0.2, 0.25) is 0 Å². The number of benzene rings is 1. The highest BCUT2D eigenvalue weighted by Gasteiger charge is 2.49. The van der Waals surface area contributed by atoms with Gasteiger partial charge in [0.15, 0.2) is 12.3 Å². The highest BCUT2D eigenvalue weighted by atomic mass is 79.9. The van der Waals surface area contributed by atoms with Crippen LogP contribution in [0.4, 0.5) is 5.82 Å². The van der Waals surface area contributed by atoms with Crippen LogP contribution in [-0.4, -0.2) is 64.0 Å². The zero-order valence-electron chi connectivity index (χ0n) is 17.1. The summed E-state index contributed by atoms with van der Waals surface area (Å²) in [4.78, 5) is 20.0. The van der Waals surface area contributed by atoms with E-state index in [-0.39, 0.29) is 31.9 Å². The lowest BCUT2D eigenvalue weighted by atomic mass is 10.1. The van der Waals surface area contributed by atoms with Crippen molar-refractivity contribution in [3.8, 4) is 0 Å². The number of aliphatic hydroxyl groups is 2. The minimum Gasteiger partial charge on any atom is -0.394 e. The Morgan fingerprint density at radius 3 is 2.58 bits per heavy atom. The number of primary amides is 1. The number of aromatic nitrogens is 3. The molecule has 0 aliphatic carbocycles. The van der Waals surface area contributed by atoms with Gasteiger partial charge in [-0.15, -0.1) is 0 Å². The average molecular weight is 542 g/mol. The smallest absolute Gasteiger partial charge is 0.297 e. The molecule has 0 spiro atoms. The first kappa shape index (κ1) is 23.5. The summed E-state index contributed by atoms with van der Waals surface area (Å²) in [5.41, 5.74) is 12.3. The Morgan fingerprint density at radius 2 is 1.97 bits per heavy atom. The quantitative estimate of drug-likeness (QED) is 0.313. The summed E-state index contributed by atoms with van der Waals surface area (Å²) in [7, 11) is -4.35. The van der Waals surface area contributed by atoms with E-state index in [1.807, 2.05) is 0 Å². The molecule has 176 valence electrons. The van der Waals surface area contributed by atoms with E-state index in [1.165, 1.54) is 16.7 Å². The predicted octanol–water partition coefficient (Wildman–Crippen LogP) is 0.208. The molecule has 4 atom stereocenters. The lowest BCUT2D eigenvalue weighted by Gasteiger charge is -2.23. The molecule has 0 saturated carbocycles. The van der Waals surface area contributed by atoms with Crippen LogP contribution in [0.15, 0.2) is 40.1 Å². The van der Waals surface area contributed by atoms with Crippen LogP contribution >= 0.6 is 15.9 Å². The average Bonchev–Trinajstić information content (AvgIpc) is 3.22. The molecule has 33 heavy (non-hydrogen) atoms. The summed E-state index contributed by atoms with van der Waals surface area (Å²) in [5, 5.41) is 20.5. The van der Waals surface area contributed by atoms with Crippen molar-refractivity contribution in [3.05, 3.63) is 46.3 Å². The van der Waals surface area contributed by atoms with Crippen molar-refractivity contribution in [1.29, 1.82) is 0 Å². The van der Waals surface area contributed by atoms with E-state index >= 15 is 0 Å². The summed E-state index contributed by atoms with van der Waals surface area (Å²) < 4.78 is 38.4. The Balaban J connectivity index is 1.85. The van der Waals surface area contributed by atoms with Crippen LogP contribution in [0.5, 0.6) is 0 Å². The van der Waals surface area contributed by atoms with E-state index in [2.05, 4.69) is 25.9 Å². The number of nitrogen functional groups attached to an aromatic ring is 1. The molecule has 14 heteroatoms. The van der Waals surface area contributed by atoms with Crippen molar-refractivity contribution >= 4 is 48.8 Å². The van der Waals surface area contributed by atoms with Gasteiger partial charge in [-0.05, 0) is 35.0 Å². The second-order valence-corrected chi connectivity index (χ2v) is 9.75. The molecule has 3 aromatic rings. The van der Waals surface area contributed by atoms with E-state index < -0.39 is 47.2 Å². The Morgan fingerprint density at radius 1 is 1.30 bits per heavy atom. The van der Waals surface area contributed by atoms with Crippen LogP contribution < -0.4 is 11.5 Å². The Bertz CT molecular complexity index is 1330. The summed E-state index contributed by atoms with van der Waals surface area (Å²) in [5.74, 6) is -0.899. The van der Waals surface area contributed by atoms with Crippen molar-refractivity contribution < 1.29 is 32.3 Å². The third kappa shape index (κ3) is 3.98. The first-order valence-corrected chi connectivity index (χ1v) is 11.8. The number of halogens is 1. The van der Waals surface area contributed by atoms with Gasteiger partial charge in [-0.2, -0.15) is 8.42 Å². The Hall–Kier alpha value is -2.62. The number of ether oxygens (including phenoxy) is 1. The van der Waals surface area contributed by atoms with Crippen LogP contribution in [0.3, 0.4) is 0 Å². The standard InChI is InChI=1S/C19H20BrN5O7S/c1-8-2-4-9(5-3-8)33(29,30)32-14-13(27)10(6-26)31-19(14)25-15(20)11(17(22)28)12-16(21)23-7-24-18(12)25/h2-5,7,10,13-14,19,26-27H,6H2,1H3,(H2,22,28)(H2,21,23,24)/t10-,13-,14-,19-/m1/s1. The first-order chi connectivity index (χ1) is 15.6. The highest BCUT2D eigenvalue weighted by Crippen LogP contribution is 2.41. The maximum Gasteiger partial charge on any atom is 0.297 e. The molecule has 3 heterocycles. The summed E-state index contributed by atoms with van der Waals surface area (Å²) >= 11 is 3.27. The fourth-order valence-electron chi connectivity index (χ4n) is 3.67. The van der Waals surface area contributed by atoms with Crippen LogP contribution in [0, 0.1) is 6.92 Å². The summed E-state index contributed by atoms with van der Waals surface area (Å²) in [6.07, 6.45) is -4.44. The van der Waals surface area contributed by atoms with Crippen LogP contribution in [-0.2, 0) is 19.0 Å². The number of aliphatic hydroxyl groups excluding tert-OH is 2. The number of fused-ring (bicyclic) bond motifs is 1. The van der Waals surface area contributed by atoms with E-state index in [1.54, 1.807) is 19.1 Å². The highest BCUT2D eigenvalue weighted by molar-refractivity contribution is 9.10. The number of nitrogens with two attached hydrogens (primary N) is 2. The third-order valence-corrected chi connectivity index (χ3v) is 7.40. The molecule has 1 fully saturated rings. The van der Waals surface area contributed by atoms with Gasteiger partial charge in [-0.25, -0.2) is 9.97 Å². The molecular weight excluding hydrogens is 522 g/mol. The molecule has 0 radical (unpaired) electrons. The zero-order valence-corrected chi connectivity index (χ0v) is 19.5. The molecule has 2 aromatic heterocycles. The van der Waals surface area contributed by atoms with Gasteiger partial charge in [0.1, 0.15) is 34.6 Å². The second-order valence-electron chi connectivity index (χ2n) is 7.42. The van der Waals surface area contributed by atoms with E-state index in [9.17, 15) is 23.4 Å². The minimum atomic E-state index is -4.35. The molecule has 0 unspecified atom stereocenters.